The van der Waals surface area contributed by atoms with Crippen LogP contribution in [0.15, 0.2) is 39.4 Å². The fourth-order valence-electron chi connectivity index (χ4n) is 1.66. The van der Waals surface area contributed by atoms with Gasteiger partial charge in [-0.05, 0) is 46.3 Å². The number of carbonyl (C=O) groups excluding carboxylic acids is 1. The SMILES string of the molecule is O=Cc1ccc2nc(-c3ccc(Br)o3)[nH]c2c1. The Balaban J connectivity index is 2.16. The van der Waals surface area contributed by atoms with Gasteiger partial charge < -0.3 is 9.40 Å². The van der Waals surface area contributed by atoms with Gasteiger partial charge in [0.05, 0.1) is 11.0 Å². The van der Waals surface area contributed by atoms with Crippen molar-refractivity contribution in [1.82, 2.24) is 9.97 Å². The van der Waals surface area contributed by atoms with E-state index in [9.17, 15) is 4.79 Å². The Hall–Kier alpha value is -1.88. The molecule has 0 spiro atoms. The highest BCUT2D eigenvalue weighted by Gasteiger charge is 2.09. The van der Waals surface area contributed by atoms with Gasteiger partial charge in [-0.2, -0.15) is 0 Å². The van der Waals surface area contributed by atoms with Crippen LogP contribution in [0.3, 0.4) is 0 Å². The van der Waals surface area contributed by atoms with Crippen LogP contribution in [-0.4, -0.2) is 16.3 Å². The molecule has 3 rings (SSSR count). The third-order valence-corrected chi connectivity index (χ3v) is 2.87. The second kappa shape index (κ2) is 3.85. The molecule has 0 radical (unpaired) electrons. The number of furan rings is 1. The van der Waals surface area contributed by atoms with Crippen molar-refractivity contribution in [2.24, 2.45) is 0 Å². The zero-order chi connectivity index (χ0) is 11.8. The molecule has 2 aromatic heterocycles. The lowest BCUT2D eigenvalue weighted by molar-refractivity contribution is 0.112. The lowest BCUT2D eigenvalue weighted by atomic mass is 10.2. The van der Waals surface area contributed by atoms with E-state index in [1.807, 2.05) is 6.07 Å². The van der Waals surface area contributed by atoms with Crippen LogP contribution in [0, 0.1) is 0 Å². The molecule has 3 aromatic rings. The van der Waals surface area contributed by atoms with Gasteiger partial charge in [-0.3, -0.25) is 4.79 Å². The zero-order valence-corrected chi connectivity index (χ0v) is 10.2. The van der Waals surface area contributed by atoms with Crippen LogP contribution in [0.2, 0.25) is 0 Å². The van der Waals surface area contributed by atoms with E-state index >= 15 is 0 Å². The molecule has 0 saturated carbocycles. The number of rotatable bonds is 2. The van der Waals surface area contributed by atoms with E-state index in [0.717, 1.165) is 17.3 Å². The minimum Gasteiger partial charge on any atom is -0.446 e. The molecule has 0 amide bonds. The van der Waals surface area contributed by atoms with Crippen LogP contribution in [0.5, 0.6) is 0 Å². The summed E-state index contributed by atoms with van der Waals surface area (Å²) in [4.78, 5) is 18.2. The number of halogens is 1. The van der Waals surface area contributed by atoms with Crippen LogP contribution in [0.1, 0.15) is 10.4 Å². The topological polar surface area (TPSA) is 58.9 Å². The van der Waals surface area contributed by atoms with Gasteiger partial charge in [-0.1, -0.05) is 0 Å². The Kier molecular flexibility index (Phi) is 2.33. The Bertz CT molecular complexity index is 699. The summed E-state index contributed by atoms with van der Waals surface area (Å²) in [6.07, 6.45) is 0.809. The highest BCUT2D eigenvalue weighted by molar-refractivity contribution is 9.10. The molecule has 0 saturated heterocycles. The van der Waals surface area contributed by atoms with Gasteiger partial charge in [0, 0.05) is 5.56 Å². The van der Waals surface area contributed by atoms with Crippen LogP contribution in [0.25, 0.3) is 22.6 Å². The molecule has 0 bridgehead atoms. The van der Waals surface area contributed by atoms with Crippen molar-refractivity contribution in [3.8, 4) is 11.6 Å². The maximum atomic E-state index is 10.7. The minimum absolute atomic E-state index is 0.619. The number of benzene rings is 1. The Morgan fingerprint density at radius 2 is 2.18 bits per heavy atom. The molecule has 5 heteroatoms. The summed E-state index contributed by atoms with van der Waals surface area (Å²) >= 11 is 3.24. The highest BCUT2D eigenvalue weighted by atomic mass is 79.9. The number of hydrogen-bond acceptors (Lipinski definition) is 3. The minimum atomic E-state index is 0.619. The molecule has 17 heavy (non-hydrogen) atoms. The number of aromatic nitrogens is 2. The molecule has 2 heterocycles. The van der Waals surface area contributed by atoms with E-state index in [0.29, 0.717) is 21.8 Å². The molecule has 0 atom stereocenters. The summed E-state index contributed by atoms with van der Waals surface area (Å²) in [5.74, 6) is 1.30. The molecular weight excluding hydrogens is 284 g/mol. The first-order valence-corrected chi connectivity index (χ1v) is 5.76. The van der Waals surface area contributed by atoms with E-state index in [4.69, 9.17) is 4.42 Å². The average molecular weight is 291 g/mol. The number of imidazole rings is 1. The van der Waals surface area contributed by atoms with Crippen LogP contribution in [0.4, 0.5) is 0 Å². The van der Waals surface area contributed by atoms with E-state index in [1.165, 1.54) is 0 Å². The van der Waals surface area contributed by atoms with E-state index in [2.05, 4.69) is 25.9 Å². The first-order chi connectivity index (χ1) is 8.26. The molecule has 1 N–H and O–H groups in total. The monoisotopic (exact) mass is 290 g/mol. The van der Waals surface area contributed by atoms with E-state index in [1.54, 1.807) is 24.3 Å². The van der Waals surface area contributed by atoms with Gasteiger partial charge >= 0.3 is 0 Å². The third-order valence-electron chi connectivity index (χ3n) is 2.45. The zero-order valence-electron chi connectivity index (χ0n) is 8.61. The van der Waals surface area contributed by atoms with Crippen molar-refractivity contribution in [1.29, 1.82) is 0 Å². The number of aldehydes is 1. The molecule has 0 aliphatic rings. The van der Waals surface area contributed by atoms with E-state index in [-0.39, 0.29) is 0 Å². The summed E-state index contributed by atoms with van der Waals surface area (Å²) in [5, 5.41) is 0. The first kappa shape index (κ1) is 10.3. The van der Waals surface area contributed by atoms with Gasteiger partial charge in [0.15, 0.2) is 16.3 Å². The van der Waals surface area contributed by atoms with Gasteiger partial charge in [0.1, 0.15) is 6.29 Å². The lowest BCUT2D eigenvalue weighted by Crippen LogP contribution is -1.78. The quantitative estimate of drug-likeness (QED) is 0.736. The fraction of sp³-hybridized carbons (Fsp3) is 0. The lowest BCUT2D eigenvalue weighted by Gasteiger charge is -1.88. The summed E-state index contributed by atoms with van der Waals surface area (Å²) < 4.78 is 6.06. The van der Waals surface area contributed by atoms with E-state index < -0.39 is 0 Å². The van der Waals surface area contributed by atoms with Crippen LogP contribution < -0.4 is 0 Å². The molecule has 84 valence electrons. The Morgan fingerprint density at radius 1 is 1.29 bits per heavy atom. The number of aromatic amines is 1. The second-order valence-corrected chi connectivity index (χ2v) is 4.37. The van der Waals surface area contributed by atoms with Gasteiger partial charge in [0.25, 0.3) is 0 Å². The van der Waals surface area contributed by atoms with Gasteiger partial charge in [0.2, 0.25) is 0 Å². The van der Waals surface area contributed by atoms with Gasteiger partial charge in [-0.25, -0.2) is 4.98 Å². The molecule has 4 nitrogen and oxygen atoms in total. The van der Waals surface area contributed by atoms with Crippen molar-refractivity contribution in [3.63, 3.8) is 0 Å². The molecule has 0 fully saturated rings. The van der Waals surface area contributed by atoms with Crippen molar-refractivity contribution >= 4 is 33.2 Å². The molecule has 0 aliphatic heterocycles. The average Bonchev–Trinajstić information content (AvgIpc) is 2.93. The van der Waals surface area contributed by atoms with Crippen LogP contribution >= 0.6 is 15.9 Å². The molecule has 1 aromatic carbocycles. The van der Waals surface area contributed by atoms with Crippen LogP contribution in [-0.2, 0) is 0 Å². The predicted octanol–water partition coefficient (Wildman–Crippen LogP) is 3.40. The highest BCUT2D eigenvalue weighted by Crippen LogP contribution is 2.25. The van der Waals surface area contributed by atoms with Crippen molar-refractivity contribution < 1.29 is 9.21 Å². The smallest absolute Gasteiger partial charge is 0.174 e. The molecular formula is C12H7BrN2O2. The molecule has 0 unspecified atom stereocenters. The number of H-pyrrole nitrogens is 1. The summed E-state index contributed by atoms with van der Waals surface area (Å²) in [5.41, 5.74) is 2.24. The van der Waals surface area contributed by atoms with Crippen molar-refractivity contribution in [3.05, 3.63) is 40.6 Å². The maximum absolute atomic E-state index is 10.7. The largest absolute Gasteiger partial charge is 0.446 e. The Morgan fingerprint density at radius 3 is 2.88 bits per heavy atom. The normalized spacial score (nSPS) is 10.9. The van der Waals surface area contributed by atoms with Crippen molar-refractivity contribution in [2.45, 2.75) is 0 Å². The predicted molar refractivity (Wildman–Crippen MR) is 66.9 cm³/mol. The number of hydrogen-bond donors (Lipinski definition) is 1. The summed E-state index contributed by atoms with van der Waals surface area (Å²) in [6.45, 7) is 0. The maximum Gasteiger partial charge on any atom is 0.174 e. The first-order valence-electron chi connectivity index (χ1n) is 4.97. The number of fused-ring (bicyclic) bond motifs is 1. The fourth-order valence-corrected chi connectivity index (χ4v) is 1.97. The summed E-state index contributed by atoms with van der Waals surface area (Å²) in [7, 11) is 0. The molecule has 0 aliphatic carbocycles. The van der Waals surface area contributed by atoms with Gasteiger partial charge in [-0.15, -0.1) is 0 Å². The summed E-state index contributed by atoms with van der Waals surface area (Å²) in [6, 6.07) is 8.92. The Labute approximate surface area is 105 Å². The number of nitrogens with one attached hydrogen (secondary N) is 1. The third kappa shape index (κ3) is 1.78. The van der Waals surface area contributed by atoms with Crippen molar-refractivity contribution in [2.75, 3.05) is 0 Å². The number of nitrogens with zero attached hydrogens (tertiary/aromatic N) is 1. The second-order valence-electron chi connectivity index (χ2n) is 3.58. The number of carbonyl (C=O) groups is 1. The standard InChI is InChI=1S/C12H7BrN2O2/c13-11-4-3-10(17-11)12-14-8-2-1-7(6-16)5-9(8)15-12/h1-6H,(H,14,15).